The van der Waals surface area contributed by atoms with Gasteiger partial charge in [-0.2, -0.15) is 0 Å². The molecule has 1 fully saturated rings. The molecule has 0 unspecified atom stereocenters. The van der Waals surface area contributed by atoms with E-state index in [4.69, 9.17) is 9.47 Å². The van der Waals surface area contributed by atoms with Crippen molar-refractivity contribution in [2.45, 2.75) is 26.4 Å². The molecule has 9 heteroatoms. The summed E-state index contributed by atoms with van der Waals surface area (Å²) < 4.78 is 11.0. The Balaban J connectivity index is 1.21. The van der Waals surface area contributed by atoms with Crippen molar-refractivity contribution in [2.24, 2.45) is 5.92 Å². The molecule has 0 saturated carbocycles. The fourth-order valence-corrected chi connectivity index (χ4v) is 4.40. The summed E-state index contributed by atoms with van der Waals surface area (Å²) in [6, 6.07) is 16.0. The quantitative estimate of drug-likeness (QED) is 0.475. The standard InChI is InChI=1S/C26H27N3O5S/c1-18-27-22(17-35-18)15-33-23-9-5-6-20(14-23)26(32)34-16-24(30)29-12-10-19(11-13-29)25(31)28-21-7-3-2-4-8-21/h2-9,14,17,19H,10-13,15-16H2,1H3,(H,28,31). The molecule has 1 aromatic heterocycles. The number of piperidine rings is 1. The highest BCUT2D eigenvalue weighted by atomic mass is 32.1. The first kappa shape index (κ1) is 24.4. The topological polar surface area (TPSA) is 97.8 Å². The summed E-state index contributed by atoms with van der Waals surface area (Å²) in [6.07, 6.45) is 1.13. The van der Waals surface area contributed by atoms with E-state index in [1.54, 1.807) is 40.5 Å². The van der Waals surface area contributed by atoms with Crippen LogP contribution in [0.25, 0.3) is 0 Å². The molecule has 1 aliphatic heterocycles. The summed E-state index contributed by atoms with van der Waals surface area (Å²) >= 11 is 1.55. The third-order valence-corrected chi connectivity index (χ3v) is 6.53. The zero-order valence-corrected chi connectivity index (χ0v) is 20.3. The molecule has 35 heavy (non-hydrogen) atoms. The molecule has 0 radical (unpaired) electrons. The Hall–Kier alpha value is -3.72. The van der Waals surface area contributed by atoms with Crippen LogP contribution in [-0.4, -0.2) is 47.4 Å². The highest BCUT2D eigenvalue weighted by molar-refractivity contribution is 7.09. The summed E-state index contributed by atoms with van der Waals surface area (Å²) in [5.74, 6) is -0.538. The van der Waals surface area contributed by atoms with E-state index in [0.717, 1.165) is 16.4 Å². The lowest BCUT2D eigenvalue weighted by Crippen LogP contribution is -2.43. The maximum absolute atomic E-state index is 12.5. The first-order chi connectivity index (χ1) is 17.0. The van der Waals surface area contributed by atoms with Gasteiger partial charge in [-0.1, -0.05) is 24.3 Å². The van der Waals surface area contributed by atoms with Gasteiger partial charge in [-0.15, -0.1) is 11.3 Å². The van der Waals surface area contributed by atoms with Crippen LogP contribution in [0.3, 0.4) is 0 Å². The van der Waals surface area contributed by atoms with Crippen LogP contribution in [0.1, 0.15) is 33.9 Å². The Labute approximate surface area is 207 Å². The van der Waals surface area contributed by atoms with E-state index in [9.17, 15) is 14.4 Å². The number of anilines is 1. The Kier molecular flexibility index (Phi) is 8.10. The zero-order valence-electron chi connectivity index (χ0n) is 19.4. The number of rotatable bonds is 8. The van der Waals surface area contributed by atoms with Gasteiger partial charge in [-0.3, -0.25) is 9.59 Å². The monoisotopic (exact) mass is 493 g/mol. The van der Waals surface area contributed by atoms with E-state index in [2.05, 4.69) is 10.3 Å². The van der Waals surface area contributed by atoms with Crippen molar-refractivity contribution in [2.75, 3.05) is 25.0 Å². The van der Waals surface area contributed by atoms with Crippen LogP contribution in [0, 0.1) is 12.8 Å². The van der Waals surface area contributed by atoms with E-state index < -0.39 is 5.97 Å². The number of nitrogens with one attached hydrogen (secondary N) is 1. The van der Waals surface area contributed by atoms with Crippen molar-refractivity contribution in [3.8, 4) is 5.75 Å². The van der Waals surface area contributed by atoms with Crippen LogP contribution in [-0.2, 0) is 20.9 Å². The van der Waals surface area contributed by atoms with Gasteiger partial charge in [-0.25, -0.2) is 9.78 Å². The molecular formula is C26H27N3O5S. The minimum atomic E-state index is -0.592. The maximum Gasteiger partial charge on any atom is 0.338 e. The molecule has 0 spiro atoms. The van der Waals surface area contributed by atoms with Crippen LogP contribution in [0.15, 0.2) is 60.0 Å². The van der Waals surface area contributed by atoms with Crippen molar-refractivity contribution in [1.29, 1.82) is 0 Å². The molecule has 1 saturated heterocycles. The number of aromatic nitrogens is 1. The van der Waals surface area contributed by atoms with Gasteiger partial charge in [0.1, 0.15) is 12.4 Å². The van der Waals surface area contributed by atoms with E-state index in [1.807, 2.05) is 42.6 Å². The summed E-state index contributed by atoms with van der Waals surface area (Å²) in [5.41, 5.74) is 1.89. The molecule has 2 amide bonds. The van der Waals surface area contributed by atoms with Gasteiger partial charge in [0.05, 0.1) is 16.3 Å². The number of amides is 2. The molecule has 3 aromatic rings. The minimum absolute atomic E-state index is 0.0401. The molecule has 0 atom stereocenters. The SMILES string of the molecule is Cc1nc(COc2cccc(C(=O)OCC(=O)N3CCC(C(=O)Nc4ccccc4)CC3)c2)cs1. The maximum atomic E-state index is 12.5. The number of hydrogen-bond donors (Lipinski definition) is 1. The third kappa shape index (κ3) is 6.89. The van der Waals surface area contributed by atoms with Crippen LogP contribution < -0.4 is 10.1 Å². The van der Waals surface area contributed by atoms with Gasteiger partial charge in [0, 0.05) is 30.1 Å². The summed E-state index contributed by atoms with van der Waals surface area (Å²) in [5, 5.41) is 5.80. The number of nitrogens with zero attached hydrogens (tertiary/aromatic N) is 2. The highest BCUT2D eigenvalue weighted by Gasteiger charge is 2.28. The molecule has 1 aliphatic rings. The van der Waals surface area contributed by atoms with Crippen LogP contribution in [0.2, 0.25) is 0 Å². The smallest absolute Gasteiger partial charge is 0.338 e. The summed E-state index contributed by atoms with van der Waals surface area (Å²) in [6.45, 7) is 2.78. The number of hydrogen-bond acceptors (Lipinski definition) is 7. The first-order valence-corrected chi connectivity index (χ1v) is 12.3. The number of likely N-dealkylation sites (tertiary alicyclic amines) is 1. The Morgan fingerprint density at radius 1 is 1.09 bits per heavy atom. The Bertz CT molecular complexity index is 1170. The molecule has 2 aromatic carbocycles. The summed E-state index contributed by atoms with van der Waals surface area (Å²) in [4.78, 5) is 43.5. The number of carbonyl (C=O) groups is 3. The van der Waals surface area contributed by atoms with Gasteiger partial charge in [0.25, 0.3) is 5.91 Å². The van der Waals surface area contributed by atoms with Crippen molar-refractivity contribution >= 4 is 34.8 Å². The number of esters is 1. The number of benzene rings is 2. The van der Waals surface area contributed by atoms with Crippen molar-refractivity contribution in [3.05, 3.63) is 76.2 Å². The lowest BCUT2D eigenvalue weighted by atomic mass is 9.95. The number of aryl methyl sites for hydroxylation is 1. The molecule has 1 N–H and O–H groups in total. The zero-order chi connectivity index (χ0) is 24.6. The predicted molar refractivity (Wildman–Crippen MR) is 132 cm³/mol. The molecule has 0 bridgehead atoms. The van der Waals surface area contributed by atoms with E-state index in [-0.39, 0.29) is 24.3 Å². The molecule has 182 valence electrons. The predicted octanol–water partition coefficient (Wildman–Crippen LogP) is 4.06. The fourth-order valence-electron chi connectivity index (χ4n) is 3.80. The second-order valence-electron chi connectivity index (χ2n) is 8.26. The van der Waals surface area contributed by atoms with Crippen molar-refractivity contribution in [3.63, 3.8) is 0 Å². The van der Waals surface area contributed by atoms with Crippen LogP contribution in [0.5, 0.6) is 5.75 Å². The van der Waals surface area contributed by atoms with Crippen LogP contribution >= 0.6 is 11.3 Å². The average Bonchev–Trinajstić information content (AvgIpc) is 3.31. The number of thiazole rings is 1. The van der Waals surface area contributed by atoms with Gasteiger partial charge >= 0.3 is 5.97 Å². The second-order valence-corrected chi connectivity index (χ2v) is 9.32. The largest absolute Gasteiger partial charge is 0.487 e. The fraction of sp³-hybridized carbons (Fsp3) is 0.308. The van der Waals surface area contributed by atoms with Crippen molar-refractivity contribution in [1.82, 2.24) is 9.88 Å². The summed E-state index contributed by atoms with van der Waals surface area (Å²) in [7, 11) is 0. The van der Waals surface area contributed by atoms with Crippen molar-refractivity contribution < 1.29 is 23.9 Å². The van der Waals surface area contributed by atoms with Gasteiger partial charge in [-0.05, 0) is 50.1 Å². The van der Waals surface area contributed by atoms with Crippen LogP contribution in [0.4, 0.5) is 5.69 Å². The molecular weight excluding hydrogens is 466 g/mol. The number of carbonyl (C=O) groups excluding carboxylic acids is 3. The lowest BCUT2D eigenvalue weighted by Gasteiger charge is -2.31. The lowest BCUT2D eigenvalue weighted by molar-refractivity contribution is -0.137. The van der Waals surface area contributed by atoms with E-state index >= 15 is 0 Å². The number of para-hydroxylation sites is 1. The molecule has 2 heterocycles. The Morgan fingerprint density at radius 2 is 1.86 bits per heavy atom. The van der Waals surface area contributed by atoms with Gasteiger partial charge in [0.2, 0.25) is 5.91 Å². The molecule has 4 rings (SSSR count). The first-order valence-electron chi connectivity index (χ1n) is 11.4. The third-order valence-electron chi connectivity index (χ3n) is 5.71. The Morgan fingerprint density at radius 3 is 2.57 bits per heavy atom. The van der Waals surface area contributed by atoms with Gasteiger partial charge < -0.3 is 19.7 Å². The van der Waals surface area contributed by atoms with E-state index in [0.29, 0.717) is 43.9 Å². The second kappa shape index (κ2) is 11.6. The normalized spacial score (nSPS) is 13.8. The van der Waals surface area contributed by atoms with E-state index in [1.165, 1.54) is 0 Å². The highest BCUT2D eigenvalue weighted by Crippen LogP contribution is 2.20. The molecule has 0 aliphatic carbocycles. The average molecular weight is 494 g/mol. The number of ether oxygens (including phenoxy) is 2. The minimum Gasteiger partial charge on any atom is -0.487 e. The molecule has 8 nitrogen and oxygen atoms in total. The van der Waals surface area contributed by atoms with Gasteiger partial charge in [0.15, 0.2) is 6.61 Å².